The summed E-state index contributed by atoms with van der Waals surface area (Å²) in [6.07, 6.45) is -4.27. The first-order valence-electron chi connectivity index (χ1n) is 8.02. The summed E-state index contributed by atoms with van der Waals surface area (Å²) in [6, 6.07) is 5.36. The third-order valence-corrected chi connectivity index (χ3v) is 4.08. The summed E-state index contributed by atoms with van der Waals surface area (Å²) in [6.45, 7) is 3.63. The molecule has 25 heavy (non-hydrogen) atoms. The monoisotopic (exact) mass is 358 g/mol. The highest BCUT2D eigenvalue weighted by molar-refractivity contribution is 5.82. The Balaban J connectivity index is 1.76. The van der Waals surface area contributed by atoms with E-state index in [0.717, 1.165) is 16.0 Å². The first-order chi connectivity index (χ1) is 11.7. The Morgan fingerprint density at radius 2 is 1.88 bits per heavy atom. The number of piperidine rings is 1. The molecule has 0 aromatic heterocycles. The molecular formula is C17H21F3N2O3. The number of nitrogens with one attached hydrogen (secondary N) is 1. The third-order valence-electron chi connectivity index (χ3n) is 4.08. The van der Waals surface area contributed by atoms with Gasteiger partial charge in [-0.3, -0.25) is 9.59 Å². The molecular weight excluding hydrogens is 337 g/mol. The maximum Gasteiger partial charge on any atom is 0.471 e. The van der Waals surface area contributed by atoms with E-state index in [0.29, 0.717) is 5.75 Å². The molecule has 2 rings (SSSR count). The van der Waals surface area contributed by atoms with E-state index in [1.54, 1.807) is 6.07 Å². The van der Waals surface area contributed by atoms with E-state index in [2.05, 4.69) is 5.32 Å². The van der Waals surface area contributed by atoms with Crippen molar-refractivity contribution in [2.45, 2.75) is 38.9 Å². The second-order valence-electron chi connectivity index (χ2n) is 6.19. The van der Waals surface area contributed by atoms with Gasteiger partial charge in [0.1, 0.15) is 5.75 Å². The SMILES string of the molecule is Cc1ccc(OCC(=O)NC2CCN(C(=O)C(F)(F)F)CC2)c(C)c1. The van der Waals surface area contributed by atoms with Gasteiger partial charge in [0.05, 0.1) is 0 Å². The zero-order valence-electron chi connectivity index (χ0n) is 14.2. The molecule has 1 aromatic carbocycles. The van der Waals surface area contributed by atoms with Crippen LogP contribution in [0.3, 0.4) is 0 Å². The zero-order chi connectivity index (χ0) is 18.6. The van der Waals surface area contributed by atoms with Crippen molar-refractivity contribution in [3.63, 3.8) is 0 Å². The summed E-state index contributed by atoms with van der Waals surface area (Å²) in [5.74, 6) is -1.54. The predicted molar refractivity (Wildman–Crippen MR) is 85.2 cm³/mol. The van der Waals surface area contributed by atoms with Crippen LogP contribution in [-0.4, -0.2) is 48.6 Å². The number of likely N-dealkylation sites (tertiary alicyclic amines) is 1. The quantitative estimate of drug-likeness (QED) is 0.899. The maximum absolute atomic E-state index is 12.4. The van der Waals surface area contributed by atoms with Gasteiger partial charge in [-0.25, -0.2) is 0 Å². The first-order valence-corrected chi connectivity index (χ1v) is 8.02. The topological polar surface area (TPSA) is 58.6 Å². The Hall–Kier alpha value is -2.25. The van der Waals surface area contributed by atoms with Crippen LogP contribution in [0.1, 0.15) is 24.0 Å². The number of aryl methyl sites for hydroxylation is 2. The van der Waals surface area contributed by atoms with Crippen molar-refractivity contribution >= 4 is 11.8 Å². The van der Waals surface area contributed by atoms with Gasteiger partial charge in [-0.2, -0.15) is 13.2 Å². The Bertz CT molecular complexity index is 639. The molecule has 1 aliphatic heterocycles. The highest BCUT2D eigenvalue weighted by atomic mass is 19.4. The van der Waals surface area contributed by atoms with Crippen molar-refractivity contribution in [1.82, 2.24) is 10.2 Å². The van der Waals surface area contributed by atoms with Crippen LogP contribution < -0.4 is 10.1 Å². The van der Waals surface area contributed by atoms with Crippen LogP contribution in [0.4, 0.5) is 13.2 Å². The molecule has 0 atom stereocenters. The summed E-state index contributed by atoms with van der Waals surface area (Å²) in [5.41, 5.74) is 2.02. The number of alkyl halides is 3. The lowest BCUT2D eigenvalue weighted by atomic mass is 10.0. The number of hydrogen-bond donors (Lipinski definition) is 1. The molecule has 0 aliphatic carbocycles. The lowest BCUT2D eigenvalue weighted by Crippen LogP contribution is -2.50. The predicted octanol–water partition coefficient (Wildman–Crippen LogP) is 2.35. The summed E-state index contributed by atoms with van der Waals surface area (Å²) in [7, 11) is 0. The van der Waals surface area contributed by atoms with E-state index in [4.69, 9.17) is 4.74 Å². The molecule has 8 heteroatoms. The first kappa shape index (κ1) is 19.1. The van der Waals surface area contributed by atoms with Gasteiger partial charge in [-0.05, 0) is 38.3 Å². The van der Waals surface area contributed by atoms with Crippen molar-refractivity contribution < 1.29 is 27.5 Å². The molecule has 1 fully saturated rings. The van der Waals surface area contributed by atoms with E-state index >= 15 is 0 Å². The Kier molecular flexibility index (Phi) is 5.92. The van der Waals surface area contributed by atoms with Crippen molar-refractivity contribution in [3.8, 4) is 5.75 Å². The molecule has 0 radical (unpaired) electrons. The van der Waals surface area contributed by atoms with Gasteiger partial charge in [0.15, 0.2) is 6.61 Å². The van der Waals surface area contributed by atoms with Crippen LogP contribution in [0.15, 0.2) is 18.2 Å². The molecule has 138 valence electrons. The number of rotatable bonds is 4. The number of ether oxygens (including phenoxy) is 1. The minimum absolute atomic E-state index is 0.0266. The van der Waals surface area contributed by atoms with E-state index < -0.39 is 12.1 Å². The molecule has 1 aliphatic rings. The largest absolute Gasteiger partial charge is 0.484 e. The summed E-state index contributed by atoms with van der Waals surface area (Å²) < 4.78 is 42.6. The molecule has 0 spiro atoms. The highest BCUT2D eigenvalue weighted by Gasteiger charge is 2.43. The van der Waals surface area contributed by atoms with Gasteiger partial charge < -0.3 is 15.0 Å². The average Bonchev–Trinajstić information content (AvgIpc) is 2.53. The second-order valence-corrected chi connectivity index (χ2v) is 6.19. The fourth-order valence-corrected chi connectivity index (χ4v) is 2.78. The van der Waals surface area contributed by atoms with Gasteiger partial charge in [0, 0.05) is 19.1 Å². The van der Waals surface area contributed by atoms with Gasteiger partial charge in [-0.1, -0.05) is 17.7 Å². The minimum Gasteiger partial charge on any atom is -0.484 e. The molecule has 0 saturated carbocycles. The van der Waals surface area contributed by atoms with Crippen molar-refractivity contribution in [2.24, 2.45) is 0 Å². The smallest absolute Gasteiger partial charge is 0.471 e. The molecule has 1 saturated heterocycles. The number of halogens is 3. The van der Waals surface area contributed by atoms with Gasteiger partial charge in [0.2, 0.25) is 0 Å². The highest BCUT2D eigenvalue weighted by Crippen LogP contribution is 2.22. The van der Waals surface area contributed by atoms with Crippen LogP contribution in [0.2, 0.25) is 0 Å². The summed E-state index contributed by atoms with van der Waals surface area (Å²) in [4.78, 5) is 23.9. The Morgan fingerprint density at radius 1 is 1.24 bits per heavy atom. The average molecular weight is 358 g/mol. The van der Waals surface area contributed by atoms with Crippen LogP contribution in [0.5, 0.6) is 5.75 Å². The fraction of sp³-hybridized carbons (Fsp3) is 0.529. The molecule has 1 aromatic rings. The third kappa shape index (κ3) is 5.37. The number of carbonyl (C=O) groups is 2. The van der Waals surface area contributed by atoms with Gasteiger partial charge in [-0.15, -0.1) is 0 Å². The number of hydrogen-bond acceptors (Lipinski definition) is 3. The Morgan fingerprint density at radius 3 is 2.44 bits per heavy atom. The molecule has 0 unspecified atom stereocenters. The van der Waals surface area contributed by atoms with E-state index in [-0.39, 0.29) is 44.5 Å². The minimum atomic E-state index is -4.85. The lowest BCUT2D eigenvalue weighted by molar-refractivity contribution is -0.186. The number of nitrogens with zero attached hydrogens (tertiary/aromatic N) is 1. The standard InChI is InChI=1S/C17H21F3N2O3/c1-11-3-4-14(12(2)9-11)25-10-15(23)21-13-5-7-22(8-6-13)16(24)17(18,19)20/h3-4,9,13H,5-8,10H2,1-2H3,(H,21,23). The van der Waals surface area contributed by atoms with Crippen LogP contribution in [0, 0.1) is 13.8 Å². The second kappa shape index (κ2) is 7.76. The maximum atomic E-state index is 12.4. The lowest BCUT2D eigenvalue weighted by Gasteiger charge is -2.32. The normalized spacial score (nSPS) is 15.8. The van der Waals surface area contributed by atoms with Crippen molar-refractivity contribution in [2.75, 3.05) is 19.7 Å². The number of carbonyl (C=O) groups excluding carboxylic acids is 2. The summed E-state index contributed by atoms with van der Waals surface area (Å²) >= 11 is 0. The Labute approximate surface area is 144 Å². The van der Waals surface area contributed by atoms with Crippen LogP contribution in [0.25, 0.3) is 0 Å². The molecule has 1 N–H and O–H groups in total. The van der Waals surface area contributed by atoms with E-state index in [9.17, 15) is 22.8 Å². The van der Waals surface area contributed by atoms with Crippen molar-refractivity contribution in [1.29, 1.82) is 0 Å². The van der Waals surface area contributed by atoms with Gasteiger partial charge in [0.25, 0.3) is 5.91 Å². The molecule has 2 amide bonds. The molecule has 5 nitrogen and oxygen atoms in total. The van der Waals surface area contributed by atoms with E-state index in [1.807, 2.05) is 26.0 Å². The summed E-state index contributed by atoms with van der Waals surface area (Å²) in [5, 5.41) is 2.74. The zero-order valence-corrected chi connectivity index (χ0v) is 14.2. The number of benzene rings is 1. The fourth-order valence-electron chi connectivity index (χ4n) is 2.78. The molecule has 1 heterocycles. The molecule has 0 bridgehead atoms. The van der Waals surface area contributed by atoms with Crippen LogP contribution >= 0.6 is 0 Å². The van der Waals surface area contributed by atoms with Crippen LogP contribution in [-0.2, 0) is 9.59 Å². The van der Waals surface area contributed by atoms with E-state index in [1.165, 1.54) is 0 Å². The van der Waals surface area contributed by atoms with Gasteiger partial charge >= 0.3 is 12.1 Å². The van der Waals surface area contributed by atoms with Crippen molar-refractivity contribution in [3.05, 3.63) is 29.3 Å². The number of amides is 2.